The topological polar surface area (TPSA) is 50.4 Å². The lowest BCUT2D eigenvalue weighted by Crippen LogP contribution is -2.56. The van der Waals surface area contributed by atoms with Crippen molar-refractivity contribution in [3.05, 3.63) is 28.2 Å². The van der Waals surface area contributed by atoms with Gasteiger partial charge in [0.1, 0.15) is 5.75 Å². The molecule has 5 heteroatoms. The van der Waals surface area contributed by atoms with Gasteiger partial charge < -0.3 is 15.4 Å². The standard InChI is InChI=1S/C14H19BrN2O2/c1-16-14(6-3-7-14)9-17-13(18)11-8-10(19-2)4-5-12(11)15/h4-5,8,16H,3,6-7,9H2,1-2H3,(H,17,18). The van der Waals surface area contributed by atoms with E-state index in [1.54, 1.807) is 13.2 Å². The van der Waals surface area contributed by atoms with Crippen molar-refractivity contribution in [1.29, 1.82) is 0 Å². The first-order valence-corrected chi connectivity index (χ1v) is 7.20. The number of benzene rings is 1. The van der Waals surface area contributed by atoms with Crippen LogP contribution in [0.5, 0.6) is 5.75 Å². The van der Waals surface area contributed by atoms with Crippen LogP contribution in [-0.2, 0) is 0 Å². The minimum absolute atomic E-state index is 0.0766. The summed E-state index contributed by atoms with van der Waals surface area (Å²) < 4.78 is 5.92. The van der Waals surface area contributed by atoms with E-state index in [-0.39, 0.29) is 11.4 Å². The Bertz CT molecular complexity index is 467. The molecule has 0 spiro atoms. The molecule has 0 unspecified atom stereocenters. The Morgan fingerprint density at radius 2 is 2.21 bits per heavy atom. The Morgan fingerprint density at radius 3 is 2.74 bits per heavy atom. The van der Waals surface area contributed by atoms with Crippen molar-refractivity contribution in [3.63, 3.8) is 0 Å². The number of amides is 1. The molecule has 0 saturated heterocycles. The molecule has 1 aromatic rings. The van der Waals surface area contributed by atoms with Crippen molar-refractivity contribution < 1.29 is 9.53 Å². The van der Waals surface area contributed by atoms with E-state index >= 15 is 0 Å². The van der Waals surface area contributed by atoms with Gasteiger partial charge in [0.05, 0.1) is 12.7 Å². The first kappa shape index (κ1) is 14.3. The lowest BCUT2D eigenvalue weighted by Gasteiger charge is -2.41. The van der Waals surface area contributed by atoms with Gasteiger partial charge in [-0.15, -0.1) is 0 Å². The molecule has 19 heavy (non-hydrogen) atoms. The number of carbonyl (C=O) groups is 1. The van der Waals surface area contributed by atoms with E-state index in [0.29, 0.717) is 17.9 Å². The lowest BCUT2D eigenvalue weighted by atomic mass is 9.77. The van der Waals surface area contributed by atoms with Crippen molar-refractivity contribution >= 4 is 21.8 Å². The molecular formula is C14H19BrN2O2. The van der Waals surface area contributed by atoms with Crippen LogP contribution in [-0.4, -0.2) is 32.1 Å². The SMILES string of the molecule is CNC1(CNC(=O)c2cc(OC)ccc2Br)CCC1. The van der Waals surface area contributed by atoms with E-state index in [2.05, 4.69) is 26.6 Å². The maximum atomic E-state index is 12.2. The molecule has 104 valence electrons. The Kier molecular flexibility index (Phi) is 4.47. The smallest absolute Gasteiger partial charge is 0.252 e. The molecule has 0 heterocycles. The molecule has 2 rings (SSSR count). The van der Waals surface area contributed by atoms with Gasteiger partial charge in [0.25, 0.3) is 5.91 Å². The van der Waals surface area contributed by atoms with Crippen molar-refractivity contribution in [2.75, 3.05) is 20.7 Å². The molecule has 2 N–H and O–H groups in total. The monoisotopic (exact) mass is 326 g/mol. The van der Waals surface area contributed by atoms with E-state index in [0.717, 1.165) is 17.3 Å². The number of hydrogen-bond donors (Lipinski definition) is 2. The number of nitrogens with one attached hydrogen (secondary N) is 2. The zero-order valence-electron chi connectivity index (χ0n) is 11.3. The Labute approximate surface area is 122 Å². The number of rotatable bonds is 5. The first-order chi connectivity index (χ1) is 9.10. The van der Waals surface area contributed by atoms with Crippen LogP contribution in [0.1, 0.15) is 29.6 Å². The zero-order valence-corrected chi connectivity index (χ0v) is 12.8. The van der Waals surface area contributed by atoms with E-state index in [1.807, 2.05) is 19.2 Å². The van der Waals surface area contributed by atoms with Crippen LogP contribution in [0.3, 0.4) is 0 Å². The van der Waals surface area contributed by atoms with E-state index < -0.39 is 0 Å². The normalized spacial score (nSPS) is 16.6. The first-order valence-electron chi connectivity index (χ1n) is 6.41. The number of hydrogen-bond acceptors (Lipinski definition) is 3. The Hall–Kier alpha value is -1.07. The molecule has 1 aliphatic carbocycles. The molecule has 0 aromatic heterocycles. The minimum atomic E-state index is -0.0766. The van der Waals surface area contributed by atoms with E-state index in [9.17, 15) is 4.79 Å². The third-order valence-corrected chi connectivity index (χ3v) is 4.54. The van der Waals surface area contributed by atoms with Gasteiger partial charge in [0.2, 0.25) is 0 Å². The third kappa shape index (κ3) is 3.09. The highest BCUT2D eigenvalue weighted by atomic mass is 79.9. The van der Waals surface area contributed by atoms with Gasteiger partial charge in [0.15, 0.2) is 0 Å². The van der Waals surface area contributed by atoms with Crippen LogP contribution < -0.4 is 15.4 Å². The fraction of sp³-hybridized carbons (Fsp3) is 0.500. The summed E-state index contributed by atoms with van der Waals surface area (Å²) in [7, 11) is 3.54. The van der Waals surface area contributed by atoms with Crippen molar-refractivity contribution in [3.8, 4) is 5.75 Å². The fourth-order valence-corrected chi connectivity index (χ4v) is 2.70. The molecule has 0 radical (unpaired) electrons. The maximum absolute atomic E-state index is 12.2. The largest absolute Gasteiger partial charge is 0.497 e. The molecule has 1 aromatic carbocycles. The van der Waals surface area contributed by atoms with Crippen molar-refractivity contribution in [2.45, 2.75) is 24.8 Å². The second-order valence-corrected chi connectivity index (χ2v) is 5.77. The quantitative estimate of drug-likeness (QED) is 0.873. The van der Waals surface area contributed by atoms with Crippen LogP contribution in [0.4, 0.5) is 0 Å². The van der Waals surface area contributed by atoms with E-state index in [1.165, 1.54) is 6.42 Å². The Morgan fingerprint density at radius 1 is 1.47 bits per heavy atom. The number of likely N-dealkylation sites (N-methyl/N-ethyl adjacent to an activating group) is 1. The van der Waals surface area contributed by atoms with Gasteiger partial charge in [-0.1, -0.05) is 0 Å². The molecule has 0 atom stereocenters. The van der Waals surface area contributed by atoms with Crippen LogP contribution in [0.15, 0.2) is 22.7 Å². The number of halogens is 1. The van der Waals surface area contributed by atoms with Crippen LogP contribution in [0, 0.1) is 0 Å². The molecule has 1 aliphatic rings. The molecule has 1 saturated carbocycles. The molecule has 0 aliphatic heterocycles. The highest BCUT2D eigenvalue weighted by Crippen LogP contribution is 2.30. The zero-order chi connectivity index (χ0) is 13.9. The lowest BCUT2D eigenvalue weighted by molar-refractivity contribution is 0.0916. The predicted octanol–water partition coefficient (Wildman–Crippen LogP) is 2.33. The van der Waals surface area contributed by atoms with Gasteiger partial charge in [0, 0.05) is 16.6 Å². The summed E-state index contributed by atoms with van der Waals surface area (Å²) in [6.45, 7) is 0.659. The van der Waals surface area contributed by atoms with Crippen molar-refractivity contribution in [2.24, 2.45) is 0 Å². The van der Waals surface area contributed by atoms with Crippen molar-refractivity contribution in [1.82, 2.24) is 10.6 Å². The second kappa shape index (κ2) is 5.92. The summed E-state index contributed by atoms with van der Waals surface area (Å²) in [4.78, 5) is 12.2. The average Bonchev–Trinajstić information content (AvgIpc) is 2.38. The van der Waals surface area contributed by atoms with Gasteiger partial charge in [-0.3, -0.25) is 4.79 Å². The maximum Gasteiger partial charge on any atom is 0.252 e. The number of methoxy groups -OCH3 is 1. The van der Waals surface area contributed by atoms with E-state index in [4.69, 9.17) is 4.74 Å². The van der Waals surface area contributed by atoms with Gasteiger partial charge in [-0.2, -0.15) is 0 Å². The fourth-order valence-electron chi connectivity index (χ4n) is 2.27. The third-order valence-electron chi connectivity index (χ3n) is 3.85. The van der Waals surface area contributed by atoms with Gasteiger partial charge >= 0.3 is 0 Å². The summed E-state index contributed by atoms with van der Waals surface area (Å²) in [5, 5.41) is 6.31. The number of ether oxygens (including phenoxy) is 1. The summed E-state index contributed by atoms with van der Waals surface area (Å²) in [6.07, 6.45) is 3.45. The highest BCUT2D eigenvalue weighted by Gasteiger charge is 2.35. The molecule has 4 nitrogen and oxygen atoms in total. The van der Waals surface area contributed by atoms with Crippen LogP contribution >= 0.6 is 15.9 Å². The summed E-state index contributed by atoms with van der Waals surface area (Å²) in [5.41, 5.74) is 0.686. The van der Waals surface area contributed by atoms with Gasteiger partial charge in [-0.05, 0) is 60.4 Å². The van der Waals surface area contributed by atoms with Crippen LogP contribution in [0.25, 0.3) is 0 Å². The molecule has 0 bridgehead atoms. The Balaban J connectivity index is 2.03. The summed E-state index contributed by atoms with van der Waals surface area (Å²) in [6, 6.07) is 5.39. The number of carbonyl (C=O) groups excluding carboxylic acids is 1. The average molecular weight is 327 g/mol. The molecular weight excluding hydrogens is 308 g/mol. The highest BCUT2D eigenvalue weighted by molar-refractivity contribution is 9.10. The molecule has 1 fully saturated rings. The second-order valence-electron chi connectivity index (χ2n) is 4.91. The summed E-state index contributed by atoms with van der Waals surface area (Å²) >= 11 is 3.40. The summed E-state index contributed by atoms with van der Waals surface area (Å²) in [5.74, 6) is 0.604. The molecule has 1 amide bonds. The minimum Gasteiger partial charge on any atom is -0.497 e. The van der Waals surface area contributed by atoms with Crippen LogP contribution in [0.2, 0.25) is 0 Å². The van der Waals surface area contributed by atoms with Gasteiger partial charge in [-0.25, -0.2) is 0 Å². The predicted molar refractivity (Wildman–Crippen MR) is 78.7 cm³/mol.